The van der Waals surface area contributed by atoms with Crippen LogP contribution in [0.15, 0.2) is 0 Å². The average molecular weight is 680 g/mol. The summed E-state index contributed by atoms with van der Waals surface area (Å²) in [4.78, 5) is 0. The zero-order valence-electron chi connectivity index (χ0n) is 26.7. The van der Waals surface area contributed by atoms with Crippen LogP contribution in [0.3, 0.4) is 0 Å². The Morgan fingerprint density at radius 1 is 0.267 bits per heavy atom. The molecule has 45 heavy (non-hydrogen) atoms. The van der Waals surface area contributed by atoms with E-state index in [2.05, 4.69) is 28.2 Å². The van der Waals surface area contributed by atoms with Gasteiger partial charge >= 0.3 is 37.7 Å². The molecule has 0 aromatic carbocycles. The molecule has 0 bridgehead atoms. The second kappa shape index (κ2) is 39.5. The summed E-state index contributed by atoms with van der Waals surface area (Å²) in [6, 6.07) is 0. The Labute approximate surface area is 309 Å². The monoisotopic (exact) mass is 681 g/mol. The Morgan fingerprint density at radius 3 is 0.422 bits per heavy atom. The molecule has 0 saturated carbocycles. The van der Waals surface area contributed by atoms with E-state index in [-0.39, 0.29) is 37.7 Å². The Hall–Kier alpha value is 1.04. The number of nitrogens with zero attached hydrogens (tertiary/aromatic N) is 2. The predicted octanol–water partition coefficient (Wildman–Crippen LogP) is -3.41. The van der Waals surface area contributed by atoms with Gasteiger partial charge in [0.1, 0.15) is 31.9 Å². The van der Waals surface area contributed by atoms with E-state index in [9.17, 15) is 0 Å². The van der Waals surface area contributed by atoms with Crippen LogP contribution in [0.1, 0.15) is 25.7 Å². The maximum absolute atomic E-state index is 5.22. The van der Waals surface area contributed by atoms with Crippen molar-refractivity contribution in [3.8, 4) is 0 Å². The maximum atomic E-state index is 5.22. The molecule has 0 aromatic rings. The maximum Gasteiger partial charge on any atom is 2.00 e. The van der Waals surface area contributed by atoms with Crippen LogP contribution in [0.5, 0.6) is 0 Å². The Morgan fingerprint density at radius 2 is 0.356 bits per heavy atom. The fourth-order valence-corrected chi connectivity index (χ4v) is 2.78. The third-order valence-electron chi connectivity index (χ3n) is 4.63. The molecule has 0 atom stereocenters. The van der Waals surface area contributed by atoms with Crippen molar-refractivity contribution < 1.29 is 56.0 Å². The summed E-state index contributed by atoms with van der Waals surface area (Å²) in [5.41, 5.74) is 0. The molecule has 0 radical (unpaired) electrons. The van der Waals surface area contributed by atoms with Gasteiger partial charge in [-0.1, -0.05) is 0 Å². The zero-order valence-corrected chi connectivity index (χ0v) is 28.9. The van der Waals surface area contributed by atoms with Crippen LogP contribution in [0, 0.1) is 0 Å². The number of rotatable bonds is 0. The molecule has 0 unspecified atom stereocenters. The SMILES string of the molecule is C1CCOC1.C1CCOC1.C1COCCOCCOCCO1.C1COCCOCCOCCO1.[BH3-][N+]([BH3-])(C)C.[BH3-][N+]([BH3-])(C)C.[Ca+2]. The van der Waals surface area contributed by atoms with Crippen LogP contribution in [0.25, 0.3) is 0 Å². The zero-order chi connectivity index (χ0) is 33.0. The number of hydrogen-bond acceptors (Lipinski definition) is 10. The van der Waals surface area contributed by atoms with E-state index in [4.69, 9.17) is 47.4 Å². The van der Waals surface area contributed by atoms with Crippen molar-refractivity contribution in [2.75, 3.05) is 160 Å². The standard InChI is InChI=1S/2C8H16O4.2C4H8O.2C2H12B2N.Ca/c2*1-2-10-5-6-12-8-7-11-4-3-9-1;2*1-2-4-5-3-1;2*1-5(2,3)4;/h2*1-8H2;2*1-4H2;2*1-4H3;/q;;;;2*-1;+2. The first kappa shape index (κ1) is 50.4. The summed E-state index contributed by atoms with van der Waals surface area (Å²) in [5, 5.41) is 0. The topological polar surface area (TPSA) is 92.3 Å². The van der Waals surface area contributed by atoms with Gasteiger partial charge in [-0.15, -0.1) is 0 Å². The van der Waals surface area contributed by atoms with Crippen LogP contribution in [0.4, 0.5) is 0 Å². The third kappa shape index (κ3) is 68.0. The molecule has 268 valence electrons. The van der Waals surface area contributed by atoms with E-state index >= 15 is 0 Å². The van der Waals surface area contributed by atoms with Crippen molar-refractivity contribution in [3.05, 3.63) is 0 Å². The van der Waals surface area contributed by atoms with Gasteiger partial charge in [-0.25, -0.2) is 0 Å². The summed E-state index contributed by atoms with van der Waals surface area (Å²) >= 11 is 0. The molecule has 17 heteroatoms. The molecule has 4 aliphatic heterocycles. The van der Waals surface area contributed by atoms with Gasteiger partial charge in [0.2, 0.25) is 0 Å². The molecule has 0 aromatic heterocycles. The van der Waals surface area contributed by atoms with Gasteiger partial charge in [0.05, 0.1) is 106 Å². The molecule has 4 aliphatic rings. The summed E-state index contributed by atoms with van der Waals surface area (Å²) in [7, 11) is 12.0. The molecule has 4 rings (SSSR count). The van der Waals surface area contributed by atoms with Crippen molar-refractivity contribution in [2.45, 2.75) is 25.7 Å². The molecule has 4 fully saturated rings. The van der Waals surface area contributed by atoms with Crippen molar-refractivity contribution in [3.63, 3.8) is 0 Å². The van der Waals surface area contributed by atoms with E-state index in [0.29, 0.717) is 138 Å². The van der Waals surface area contributed by atoms with Gasteiger partial charge in [0.15, 0.2) is 0 Å². The van der Waals surface area contributed by atoms with Gasteiger partial charge in [0, 0.05) is 26.4 Å². The minimum Gasteiger partial charge on any atom is -0.741 e. The third-order valence-corrected chi connectivity index (χ3v) is 4.63. The fourth-order valence-electron chi connectivity index (χ4n) is 2.78. The Kier molecular flexibility index (Phi) is 44.2. The molecule has 4 saturated heterocycles. The quantitative estimate of drug-likeness (QED) is 0.242. The van der Waals surface area contributed by atoms with Crippen LogP contribution in [-0.2, 0) is 47.4 Å². The van der Waals surface area contributed by atoms with Crippen LogP contribution in [0.2, 0.25) is 0 Å². The first-order valence-electron chi connectivity index (χ1n) is 14.6. The number of hydrogen-bond donors (Lipinski definition) is 0. The molecule has 12 nitrogen and oxygen atoms in total. The van der Waals surface area contributed by atoms with Crippen molar-refractivity contribution in [2.24, 2.45) is 0 Å². The van der Waals surface area contributed by atoms with E-state index in [1.165, 1.54) is 34.3 Å². The molecule has 0 spiro atoms. The summed E-state index contributed by atoms with van der Waals surface area (Å²) < 4.78 is 54.6. The molecule has 4 heterocycles. The van der Waals surface area contributed by atoms with Gasteiger partial charge in [-0.3, -0.25) is 0 Å². The van der Waals surface area contributed by atoms with Crippen molar-refractivity contribution in [1.29, 1.82) is 0 Å². The molecule has 0 aliphatic carbocycles. The first-order chi connectivity index (χ1) is 21.0. The smallest absolute Gasteiger partial charge is 0.741 e. The molecule has 0 N–H and O–H groups in total. The number of ether oxygens (including phenoxy) is 10. The van der Waals surface area contributed by atoms with Crippen LogP contribution < -0.4 is 0 Å². The van der Waals surface area contributed by atoms with Gasteiger partial charge in [-0.2, -0.15) is 0 Å². The van der Waals surface area contributed by atoms with E-state index in [1.54, 1.807) is 0 Å². The van der Waals surface area contributed by atoms with Crippen molar-refractivity contribution >= 4 is 69.7 Å². The minimum absolute atomic E-state index is 0. The second-order valence-electron chi connectivity index (χ2n) is 8.43. The molecular formula is C28H72B4CaN2O10. The molecular weight excluding hydrogens is 608 g/mol. The Bertz CT molecular complexity index is 391. The molecule has 0 amide bonds. The van der Waals surface area contributed by atoms with E-state index < -0.39 is 0 Å². The summed E-state index contributed by atoms with van der Waals surface area (Å²) in [6.45, 7) is 14.3. The van der Waals surface area contributed by atoms with Crippen molar-refractivity contribution in [1.82, 2.24) is 0 Å². The second-order valence-corrected chi connectivity index (χ2v) is 8.43. The van der Waals surface area contributed by atoms with E-state index in [0.717, 1.165) is 26.4 Å². The van der Waals surface area contributed by atoms with E-state index in [1.807, 2.05) is 0 Å². The predicted molar refractivity (Wildman–Crippen MR) is 196 cm³/mol. The van der Waals surface area contributed by atoms with Gasteiger partial charge in [-0.05, 0) is 53.9 Å². The summed E-state index contributed by atoms with van der Waals surface area (Å²) in [5.74, 6) is 0. The van der Waals surface area contributed by atoms with Crippen LogP contribution >= 0.6 is 0 Å². The first-order valence-corrected chi connectivity index (χ1v) is 14.6. The van der Waals surface area contributed by atoms with Gasteiger partial charge < -0.3 is 56.0 Å². The minimum atomic E-state index is 0. The Balaban J connectivity index is -0.000000494. The fraction of sp³-hybridized carbons (Fsp3) is 1.00. The largest absolute Gasteiger partial charge is 2.00 e. The van der Waals surface area contributed by atoms with Gasteiger partial charge in [0.25, 0.3) is 0 Å². The average Bonchev–Trinajstić information content (AvgIpc) is 3.68. The number of quaternary nitrogens is 2. The summed E-state index contributed by atoms with van der Waals surface area (Å²) in [6.07, 6.45) is 5.11. The van der Waals surface area contributed by atoms with Crippen LogP contribution in [-0.4, -0.2) is 239 Å². The normalized spacial score (nSPS) is 20.8.